The molecule has 6 N–H and O–H groups in total. The first-order valence-electron chi connectivity index (χ1n) is 3.63. The van der Waals surface area contributed by atoms with Crippen molar-refractivity contribution in [2.75, 3.05) is 12.3 Å². The maximum Gasteiger partial charge on any atom is 0.354 e. The molecule has 98 valence electrons. The standard InChI is InChI=1S/C3H11NO9P2S/c5-14(6,7)3(15(8,9)10)4-1-2-16(11,12)13/h3-4H,1-2H2,(H2,5,6,7)(H2,8,9,10)(H,11,12,13). The van der Waals surface area contributed by atoms with E-state index in [1.165, 1.54) is 0 Å². The van der Waals surface area contributed by atoms with Crippen molar-refractivity contribution in [3.8, 4) is 0 Å². The quantitative estimate of drug-likeness (QED) is 0.239. The lowest BCUT2D eigenvalue weighted by Crippen LogP contribution is -2.33. The molecule has 0 aliphatic rings. The molecule has 0 saturated carbocycles. The van der Waals surface area contributed by atoms with Gasteiger partial charge in [-0.2, -0.15) is 8.42 Å². The van der Waals surface area contributed by atoms with Gasteiger partial charge in [0.05, 0.1) is 5.75 Å². The lowest BCUT2D eigenvalue weighted by atomic mass is 10.8. The average molecular weight is 299 g/mol. The predicted molar refractivity (Wildman–Crippen MR) is 52.3 cm³/mol. The fourth-order valence-electron chi connectivity index (χ4n) is 0.751. The molecule has 0 aromatic heterocycles. The molecule has 0 aliphatic carbocycles. The molecule has 0 bridgehead atoms. The molecule has 10 nitrogen and oxygen atoms in total. The summed E-state index contributed by atoms with van der Waals surface area (Å²) in [6.45, 7) is -0.709. The fourth-order valence-corrected chi connectivity index (χ4v) is 3.43. The Morgan fingerprint density at radius 2 is 1.44 bits per heavy atom. The first-order valence-corrected chi connectivity index (χ1v) is 8.60. The normalized spacial score (nSPS) is 14.4. The van der Waals surface area contributed by atoms with Crippen LogP contribution in [0.5, 0.6) is 0 Å². The lowest BCUT2D eigenvalue weighted by molar-refractivity contribution is 0.328. The summed E-state index contributed by atoms with van der Waals surface area (Å²) in [4.78, 5) is 34.3. The van der Waals surface area contributed by atoms with E-state index in [0.29, 0.717) is 0 Å². The maximum atomic E-state index is 10.7. The minimum Gasteiger partial charge on any atom is -0.323 e. The third kappa shape index (κ3) is 6.69. The lowest BCUT2D eigenvalue weighted by Gasteiger charge is -2.20. The molecule has 0 unspecified atom stereocenters. The van der Waals surface area contributed by atoms with Crippen molar-refractivity contribution < 1.29 is 41.7 Å². The van der Waals surface area contributed by atoms with Crippen molar-refractivity contribution >= 4 is 25.3 Å². The molecule has 0 aliphatic heterocycles. The molecule has 0 heterocycles. The van der Waals surface area contributed by atoms with Crippen LogP contribution in [0.15, 0.2) is 0 Å². The van der Waals surface area contributed by atoms with Gasteiger partial charge in [0.1, 0.15) is 0 Å². The third-order valence-electron chi connectivity index (χ3n) is 1.32. The summed E-state index contributed by atoms with van der Waals surface area (Å²) in [6.07, 6.45) is 0. The molecular formula is C3H11NO9P2S. The molecule has 0 saturated heterocycles. The summed E-state index contributed by atoms with van der Waals surface area (Å²) in [5.74, 6) is -0.927. The fraction of sp³-hybridized carbons (Fsp3) is 1.00. The smallest absolute Gasteiger partial charge is 0.323 e. The molecule has 0 rings (SSSR count). The molecule has 16 heavy (non-hydrogen) atoms. The highest BCUT2D eigenvalue weighted by Crippen LogP contribution is 2.58. The van der Waals surface area contributed by atoms with Gasteiger partial charge in [0, 0.05) is 6.54 Å². The molecule has 0 spiro atoms. The van der Waals surface area contributed by atoms with E-state index in [1.54, 1.807) is 5.32 Å². The Balaban J connectivity index is 4.62. The number of nitrogens with one attached hydrogen (secondary N) is 1. The van der Waals surface area contributed by atoms with Gasteiger partial charge in [0.15, 0.2) is 0 Å². The van der Waals surface area contributed by atoms with Crippen molar-refractivity contribution in [2.45, 2.75) is 5.52 Å². The number of rotatable bonds is 6. The van der Waals surface area contributed by atoms with Crippen molar-refractivity contribution in [3.05, 3.63) is 0 Å². The van der Waals surface area contributed by atoms with Crippen molar-refractivity contribution in [1.29, 1.82) is 0 Å². The molecular weight excluding hydrogens is 288 g/mol. The van der Waals surface area contributed by atoms with E-state index >= 15 is 0 Å². The summed E-state index contributed by atoms with van der Waals surface area (Å²) in [6, 6.07) is 0. The highest BCUT2D eigenvalue weighted by atomic mass is 32.2. The minimum atomic E-state index is -5.13. The Bertz CT molecular complexity index is 396. The van der Waals surface area contributed by atoms with E-state index in [9.17, 15) is 17.5 Å². The highest BCUT2D eigenvalue weighted by Gasteiger charge is 2.42. The Morgan fingerprint density at radius 3 is 1.69 bits per heavy atom. The van der Waals surface area contributed by atoms with Crippen molar-refractivity contribution in [1.82, 2.24) is 5.32 Å². The second-order valence-corrected chi connectivity index (χ2v) is 8.16. The van der Waals surface area contributed by atoms with Gasteiger partial charge in [-0.05, 0) is 0 Å². The third-order valence-corrected chi connectivity index (χ3v) is 5.49. The topological polar surface area (TPSA) is 181 Å². The second-order valence-electron chi connectivity index (χ2n) is 2.79. The zero-order valence-electron chi connectivity index (χ0n) is 7.66. The van der Waals surface area contributed by atoms with Gasteiger partial charge in [-0.15, -0.1) is 0 Å². The summed E-state index contributed by atoms with van der Waals surface area (Å²) >= 11 is 0. The van der Waals surface area contributed by atoms with Gasteiger partial charge in [-0.25, -0.2) is 0 Å². The van der Waals surface area contributed by atoms with Crippen LogP contribution in [0.2, 0.25) is 0 Å². The van der Waals surface area contributed by atoms with E-state index in [2.05, 4.69) is 0 Å². The van der Waals surface area contributed by atoms with Gasteiger partial charge in [0.2, 0.25) is 5.52 Å². The average Bonchev–Trinajstić information content (AvgIpc) is 1.90. The van der Waals surface area contributed by atoms with Gasteiger partial charge in [-0.3, -0.25) is 19.0 Å². The summed E-state index contributed by atoms with van der Waals surface area (Å²) < 4.78 is 50.1. The summed E-state index contributed by atoms with van der Waals surface area (Å²) in [5.41, 5.74) is -2.48. The molecule has 0 amide bonds. The summed E-state index contributed by atoms with van der Waals surface area (Å²) in [7, 11) is -14.6. The molecule has 0 aromatic rings. The van der Waals surface area contributed by atoms with Crippen LogP contribution in [0.1, 0.15) is 0 Å². The van der Waals surface area contributed by atoms with Gasteiger partial charge in [-0.1, -0.05) is 0 Å². The Kier molecular flexibility index (Phi) is 5.27. The first kappa shape index (κ1) is 16.2. The highest BCUT2D eigenvalue weighted by molar-refractivity contribution is 7.85. The van der Waals surface area contributed by atoms with Crippen molar-refractivity contribution in [3.63, 3.8) is 0 Å². The van der Waals surface area contributed by atoms with Crippen LogP contribution in [0.4, 0.5) is 0 Å². The molecule has 0 radical (unpaired) electrons. The monoisotopic (exact) mass is 299 g/mol. The number of hydrogen-bond donors (Lipinski definition) is 6. The molecule has 0 fully saturated rings. The van der Waals surface area contributed by atoms with E-state index < -0.39 is 43.1 Å². The molecule has 0 atom stereocenters. The van der Waals surface area contributed by atoms with Crippen molar-refractivity contribution in [2.24, 2.45) is 0 Å². The van der Waals surface area contributed by atoms with Crippen LogP contribution in [-0.2, 0) is 19.2 Å². The van der Waals surface area contributed by atoms with E-state index in [-0.39, 0.29) is 0 Å². The van der Waals surface area contributed by atoms with Crippen LogP contribution >= 0.6 is 15.2 Å². The van der Waals surface area contributed by atoms with Gasteiger partial charge >= 0.3 is 15.2 Å². The van der Waals surface area contributed by atoms with E-state index in [4.69, 9.17) is 24.1 Å². The molecule has 13 heteroatoms. The van der Waals surface area contributed by atoms with Crippen LogP contribution in [0, 0.1) is 0 Å². The first-order chi connectivity index (χ1) is 6.84. The zero-order valence-corrected chi connectivity index (χ0v) is 10.3. The van der Waals surface area contributed by atoms with E-state index in [0.717, 1.165) is 0 Å². The van der Waals surface area contributed by atoms with Crippen LogP contribution < -0.4 is 5.32 Å². The zero-order chi connectivity index (χ0) is 13.2. The van der Waals surface area contributed by atoms with Gasteiger partial charge < -0.3 is 19.6 Å². The Labute approximate surface area is 90.8 Å². The Morgan fingerprint density at radius 1 is 1.06 bits per heavy atom. The number of hydrogen-bond acceptors (Lipinski definition) is 5. The predicted octanol–water partition coefficient (Wildman–Crippen LogP) is -1.90. The van der Waals surface area contributed by atoms with Gasteiger partial charge in [0.25, 0.3) is 10.1 Å². The molecule has 0 aromatic carbocycles. The SMILES string of the molecule is O=P(O)(O)C(NCCS(=O)(=O)O)P(=O)(O)O. The largest absolute Gasteiger partial charge is 0.354 e. The minimum absolute atomic E-state index is 0.709. The Hall–Kier alpha value is 0.170. The van der Waals surface area contributed by atoms with Crippen LogP contribution in [0.25, 0.3) is 0 Å². The second kappa shape index (κ2) is 5.21. The van der Waals surface area contributed by atoms with Crippen LogP contribution in [0.3, 0.4) is 0 Å². The summed E-state index contributed by atoms with van der Waals surface area (Å²) in [5, 5.41) is 1.69. The van der Waals surface area contributed by atoms with Crippen LogP contribution in [-0.4, -0.2) is 50.4 Å². The maximum absolute atomic E-state index is 10.7. The van der Waals surface area contributed by atoms with E-state index in [1.807, 2.05) is 0 Å².